The lowest BCUT2D eigenvalue weighted by Gasteiger charge is -2.08. The quantitative estimate of drug-likeness (QED) is 0.416. The second-order valence-electron chi connectivity index (χ2n) is 6.85. The Morgan fingerprint density at radius 1 is 1.06 bits per heavy atom. The normalized spacial score (nSPS) is 11.4. The summed E-state index contributed by atoms with van der Waals surface area (Å²) in [6.45, 7) is -0.995. The van der Waals surface area contributed by atoms with Crippen LogP contribution in [0, 0.1) is 6.92 Å². The highest BCUT2D eigenvalue weighted by Crippen LogP contribution is 2.29. The molecule has 2 aromatic carbocycles. The first-order valence-electron chi connectivity index (χ1n) is 9.58. The van der Waals surface area contributed by atoms with E-state index >= 15 is 0 Å². The minimum atomic E-state index is -2.95. The van der Waals surface area contributed by atoms with E-state index in [9.17, 15) is 13.6 Å². The standard InChI is InChI=1S/C24H19F2N3O2/c1-16-11-13-20-27-22(18-8-3-2-4-9-18)23(29(20)15-16)28-21(30)14-12-17-7-5-6-10-19(17)31-24(25)26/h2-15,24H,1H3,(H,28,30)/b14-12+. The minimum absolute atomic E-state index is 0.00282. The lowest BCUT2D eigenvalue weighted by molar-refractivity contribution is -0.111. The van der Waals surface area contributed by atoms with E-state index in [4.69, 9.17) is 0 Å². The number of para-hydroxylation sites is 1. The van der Waals surface area contributed by atoms with Crippen LogP contribution < -0.4 is 10.1 Å². The van der Waals surface area contributed by atoms with Gasteiger partial charge in [0, 0.05) is 23.4 Å². The van der Waals surface area contributed by atoms with Gasteiger partial charge in [-0.05, 0) is 30.7 Å². The van der Waals surface area contributed by atoms with Gasteiger partial charge in [0.2, 0.25) is 5.91 Å². The number of halogens is 2. The van der Waals surface area contributed by atoms with Crippen molar-refractivity contribution in [3.63, 3.8) is 0 Å². The summed E-state index contributed by atoms with van der Waals surface area (Å²) in [5, 5.41) is 2.88. The van der Waals surface area contributed by atoms with E-state index in [-0.39, 0.29) is 5.75 Å². The van der Waals surface area contributed by atoms with Gasteiger partial charge in [-0.15, -0.1) is 0 Å². The van der Waals surface area contributed by atoms with E-state index in [0.29, 0.717) is 22.7 Å². The van der Waals surface area contributed by atoms with E-state index in [1.54, 1.807) is 18.2 Å². The highest BCUT2D eigenvalue weighted by Gasteiger charge is 2.16. The van der Waals surface area contributed by atoms with E-state index in [2.05, 4.69) is 15.0 Å². The first kappa shape index (κ1) is 20.3. The molecule has 2 aromatic heterocycles. The summed E-state index contributed by atoms with van der Waals surface area (Å²) in [5.41, 5.74) is 3.57. The van der Waals surface area contributed by atoms with Gasteiger partial charge in [0.15, 0.2) is 0 Å². The average Bonchev–Trinajstić information content (AvgIpc) is 3.11. The molecule has 2 heterocycles. The molecule has 1 N–H and O–H groups in total. The van der Waals surface area contributed by atoms with Crippen LogP contribution in [0.4, 0.5) is 14.6 Å². The number of fused-ring (bicyclic) bond motifs is 1. The Morgan fingerprint density at radius 2 is 1.81 bits per heavy atom. The third-order valence-corrected chi connectivity index (χ3v) is 4.60. The van der Waals surface area contributed by atoms with Gasteiger partial charge >= 0.3 is 6.61 Å². The molecule has 0 saturated carbocycles. The van der Waals surface area contributed by atoms with Crippen LogP contribution in [0.3, 0.4) is 0 Å². The Balaban J connectivity index is 1.66. The number of nitrogens with one attached hydrogen (secondary N) is 1. The summed E-state index contributed by atoms with van der Waals surface area (Å²) >= 11 is 0. The number of aromatic nitrogens is 2. The van der Waals surface area contributed by atoms with Crippen LogP contribution in [-0.2, 0) is 4.79 Å². The number of pyridine rings is 1. The molecule has 156 valence electrons. The molecule has 0 unspecified atom stereocenters. The van der Waals surface area contributed by atoms with Crippen molar-refractivity contribution >= 4 is 23.4 Å². The van der Waals surface area contributed by atoms with Crippen LogP contribution in [0.2, 0.25) is 0 Å². The molecule has 0 atom stereocenters. The Morgan fingerprint density at radius 3 is 2.58 bits per heavy atom. The van der Waals surface area contributed by atoms with Crippen LogP contribution >= 0.6 is 0 Å². The van der Waals surface area contributed by atoms with E-state index < -0.39 is 12.5 Å². The fourth-order valence-corrected chi connectivity index (χ4v) is 3.21. The maximum atomic E-state index is 12.7. The van der Waals surface area contributed by atoms with Gasteiger partial charge in [-0.25, -0.2) is 4.98 Å². The minimum Gasteiger partial charge on any atom is -0.434 e. The van der Waals surface area contributed by atoms with Crippen LogP contribution in [0.25, 0.3) is 23.0 Å². The predicted molar refractivity (Wildman–Crippen MR) is 116 cm³/mol. The highest BCUT2D eigenvalue weighted by molar-refractivity contribution is 6.03. The van der Waals surface area contributed by atoms with Crippen molar-refractivity contribution in [2.75, 3.05) is 5.32 Å². The number of ether oxygens (including phenoxy) is 1. The Hall–Kier alpha value is -4.00. The summed E-state index contributed by atoms with van der Waals surface area (Å²) in [5.74, 6) is 0.0981. The topological polar surface area (TPSA) is 55.6 Å². The number of hydrogen-bond acceptors (Lipinski definition) is 3. The second kappa shape index (κ2) is 8.79. The largest absolute Gasteiger partial charge is 0.434 e. The number of amides is 1. The molecule has 0 fully saturated rings. The van der Waals surface area contributed by atoms with E-state index in [1.165, 1.54) is 18.2 Å². The number of nitrogens with zero attached hydrogens (tertiary/aromatic N) is 2. The van der Waals surface area contributed by atoms with Gasteiger partial charge in [-0.3, -0.25) is 9.20 Å². The molecule has 4 aromatic rings. The molecule has 31 heavy (non-hydrogen) atoms. The molecule has 0 saturated heterocycles. The maximum Gasteiger partial charge on any atom is 0.387 e. The third-order valence-electron chi connectivity index (χ3n) is 4.60. The monoisotopic (exact) mass is 419 g/mol. The van der Waals surface area contributed by atoms with Crippen molar-refractivity contribution in [2.24, 2.45) is 0 Å². The Kier molecular flexibility index (Phi) is 5.75. The van der Waals surface area contributed by atoms with Gasteiger partial charge in [-0.2, -0.15) is 8.78 Å². The van der Waals surface area contributed by atoms with E-state index in [1.807, 2.05) is 60.0 Å². The van der Waals surface area contributed by atoms with Crippen LogP contribution in [-0.4, -0.2) is 21.9 Å². The van der Waals surface area contributed by atoms with Crippen molar-refractivity contribution < 1.29 is 18.3 Å². The molecule has 7 heteroatoms. The highest BCUT2D eigenvalue weighted by atomic mass is 19.3. The summed E-state index contributed by atoms with van der Waals surface area (Å²) < 4.78 is 31.5. The van der Waals surface area contributed by atoms with Gasteiger partial charge in [-0.1, -0.05) is 54.6 Å². The van der Waals surface area contributed by atoms with Crippen molar-refractivity contribution in [3.8, 4) is 17.0 Å². The number of imidazole rings is 1. The van der Waals surface area contributed by atoms with Crippen LogP contribution in [0.15, 0.2) is 79.0 Å². The molecule has 1 amide bonds. The second-order valence-corrected chi connectivity index (χ2v) is 6.85. The molecule has 0 aliphatic rings. The van der Waals surface area contributed by atoms with Crippen molar-refractivity contribution in [1.29, 1.82) is 0 Å². The number of aryl methyl sites for hydroxylation is 1. The first-order chi connectivity index (χ1) is 15.0. The molecule has 0 spiro atoms. The zero-order valence-electron chi connectivity index (χ0n) is 16.6. The van der Waals surface area contributed by atoms with Gasteiger partial charge in [0.05, 0.1) is 0 Å². The van der Waals surface area contributed by atoms with Crippen LogP contribution in [0.5, 0.6) is 5.75 Å². The summed E-state index contributed by atoms with van der Waals surface area (Å²) in [4.78, 5) is 17.4. The number of alkyl halides is 2. The number of hydrogen-bond donors (Lipinski definition) is 1. The fourth-order valence-electron chi connectivity index (χ4n) is 3.21. The lowest BCUT2D eigenvalue weighted by atomic mass is 10.1. The average molecular weight is 419 g/mol. The van der Waals surface area contributed by atoms with Gasteiger partial charge in [0.25, 0.3) is 0 Å². The summed E-state index contributed by atoms with van der Waals surface area (Å²) in [7, 11) is 0. The maximum absolute atomic E-state index is 12.7. The van der Waals surface area contributed by atoms with Crippen molar-refractivity contribution in [2.45, 2.75) is 13.5 Å². The molecule has 0 aliphatic heterocycles. The number of benzene rings is 2. The molecule has 4 rings (SSSR count). The Labute approximate surface area is 177 Å². The molecule has 0 aliphatic carbocycles. The number of rotatable bonds is 6. The molecule has 0 radical (unpaired) electrons. The van der Waals surface area contributed by atoms with Gasteiger partial charge in [0.1, 0.15) is 22.9 Å². The molecule has 5 nitrogen and oxygen atoms in total. The third kappa shape index (κ3) is 4.61. The number of anilines is 1. The number of carbonyl (C=O) groups excluding carboxylic acids is 1. The smallest absolute Gasteiger partial charge is 0.387 e. The molecular weight excluding hydrogens is 400 g/mol. The Bertz CT molecular complexity index is 1250. The summed E-state index contributed by atoms with van der Waals surface area (Å²) in [6.07, 6.45) is 4.60. The molecule has 0 bridgehead atoms. The zero-order chi connectivity index (χ0) is 21.8. The fraction of sp³-hybridized carbons (Fsp3) is 0.0833. The molecular formula is C24H19F2N3O2. The first-order valence-corrected chi connectivity index (χ1v) is 9.58. The lowest BCUT2D eigenvalue weighted by Crippen LogP contribution is -2.11. The predicted octanol–water partition coefficient (Wildman–Crippen LogP) is 5.56. The summed E-state index contributed by atoms with van der Waals surface area (Å²) in [6, 6.07) is 19.6. The zero-order valence-corrected chi connectivity index (χ0v) is 16.6. The van der Waals surface area contributed by atoms with Crippen LogP contribution in [0.1, 0.15) is 11.1 Å². The van der Waals surface area contributed by atoms with E-state index in [0.717, 1.165) is 11.1 Å². The van der Waals surface area contributed by atoms with Gasteiger partial charge < -0.3 is 10.1 Å². The number of carbonyl (C=O) groups is 1. The SMILES string of the molecule is Cc1ccc2nc(-c3ccccc3)c(NC(=O)/C=C/c3ccccc3OC(F)F)n2c1. The van der Waals surface area contributed by atoms with Crippen molar-refractivity contribution in [1.82, 2.24) is 9.38 Å². The van der Waals surface area contributed by atoms with Crippen molar-refractivity contribution in [3.05, 3.63) is 90.1 Å².